The Morgan fingerprint density at radius 3 is 2.78 bits per heavy atom. The third-order valence-electron chi connectivity index (χ3n) is 4.24. The molecule has 8 heteroatoms. The number of amides is 1. The van der Waals surface area contributed by atoms with Crippen LogP contribution in [0.25, 0.3) is 0 Å². The van der Waals surface area contributed by atoms with Crippen LogP contribution in [0.15, 0.2) is 18.5 Å². The van der Waals surface area contributed by atoms with Gasteiger partial charge in [0.05, 0.1) is 5.69 Å². The van der Waals surface area contributed by atoms with Crippen molar-refractivity contribution >= 4 is 34.8 Å². The summed E-state index contributed by atoms with van der Waals surface area (Å²) in [5.74, 6) is -0.0193. The molecule has 1 fully saturated rings. The SMILES string of the molecule is CCc1nc(NC(=O)C2(n3cccn3)CCNCC2)sc1C.Cl. The Hall–Kier alpha value is -1.44. The van der Waals surface area contributed by atoms with Gasteiger partial charge in [-0.25, -0.2) is 4.98 Å². The van der Waals surface area contributed by atoms with Gasteiger partial charge in [-0.3, -0.25) is 14.8 Å². The van der Waals surface area contributed by atoms with Gasteiger partial charge in [-0.15, -0.1) is 23.7 Å². The van der Waals surface area contributed by atoms with Gasteiger partial charge < -0.3 is 5.32 Å². The first-order valence-electron chi connectivity index (χ1n) is 7.64. The second-order valence-electron chi connectivity index (χ2n) is 5.56. The summed E-state index contributed by atoms with van der Waals surface area (Å²) >= 11 is 1.54. The zero-order valence-electron chi connectivity index (χ0n) is 13.3. The molecular weight excluding hydrogens is 334 g/mol. The summed E-state index contributed by atoms with van der Waals surface area (Å²) in [4.78, 5) is 18.6. The van der Waals surface area contributed by atoms with Crippen LogP contribution in [0.1, 0.15) is 30.3 Å². The van der Waals surface area contributed by atoms with E-state index in [2.05, 4.69) is 27.6 Å². The highest BCUT2D eigenvalue weighted by atomic mass is 35.5. The zero-order valence-corrected chi connectivity index (χ0v) is 15.0. The van der Waals surface area contributed by atoms with Crippen molar-refractivity contribution in [2.24, 2.45) is 0 Å². The minimum Gasteiger partial charge on any atom is -0.317 e. The van der Waals surface area contributed by atoms with Crippen LogP contribution >= 0.6 is 23.7 Å². The number of thiazole rings is 1. The number of carbonyl (C=O) groups is 1. The quantitative estimate of drug-likeness (QED) is 0.883. The number of hydrogen-bond donors (Lipinski definition) is 2. The highest BCUT2D eigenvalue weighted by Crippen LogP contribution is 2.30. The average Bonchev–Trinajstić information content (AvgIpc) is 3.17. The maximum Gasteiger partial charge on any atom is 0.254 e. The zero-order chi connectivity index (χ0) is 15.6. The van der Waals surface area contributed by atoms with E-state index in [4.69, 9.17) is 0 Å². The number of nitrogens with one attached hydrogen (secondary N) is 2. The molecule has 3 rings (SSSR count). The van der Waals surface area contributed by atoms with Crippen LogP contribution in [-0.2, 0) is 16.8 Å². The second-order valence-corrected chi connectivity index (χ2v) is 6.76. The number of hydrogen-bond acceptors (Lipinski definition) is 5. The second kappa shape index (κ2) is 7.42. The number of aryl methyl sites for hydroxylation is 2. The predicted molar refractivity (Wildman–Crippen MR) is 94.4 cm³/mol. The molecule has 0 aromatic carbocycles. The van der Waals surface area contributed by atoms with Gasteiger partial charge >= 0.3 is 0 Å². The lowest BCUT2D eigenvalue weighted by atomic mass is 9.87. The number of rotatable bonds is 4. The molecule has 2 N–H and O–H groups in total. The predicted octanol–water partition coefficient (Wildman–Crippen LogP) is 2.35. The number of carbonyl (C=O) groups excluding carboxylic acids is 1. The molecule has 0 aliphatic carbocycles. The Morgan fingerprint density at radius 2 is 2.22 bits per heavy atom. The maximum atomic E-state index is 13.0. The number of halogens is 1. The van der Waals surface area contributed by atoms with Crippen molar-refractivity contribution in [1.82, 2.24) is 20.1 Å². The van der Waals surface area contributed by atoms with Crippen molar-refractivity contribution in [2.75, 3.05) is 18.4 Å². The molecule has 0 atom stereocenters. The molecule has 0 bridgehead atoms. The van der Waals surface area contributed by atoms with E-state index in [9.17, 15) is 4.79 Å². The third-order valence-corrected chi connectivity index (χ3v) is 5.17. The van der Waals surface area contributed by atoms with E-state index in [1.54, 1.807) is 10.9 Å². The first kappa shape index (κ1) is 17.9. The van der Waals surface area contributed by atoms with Crippen molar-refractivity contribution < 1.29 is 4.79 Å². The minimum atomic E-state index is -0.624. The molecule has 0 spiro atoms. The van der Waals surface area contributed by atoms with Crippen LogP contribution in [0, 0.1) is 6.92 Å². The molecule has 0 unspecified atom stereocenters. The highest BCUT2D eigenvalue weighted by Gasteiger charge is 2.42. The topological polar surface area (TPSA) is 71.8 Å². The Labute approximate surface area is 146 Å². The number of anilines is 1. The van der Waals surface area contributed by atoms with E-state index in [1.807, 2.05) is 19.2 Å². The van der Waals surface area contributed by atoms with Crippen LogP contribution in [0.2, 0.25) is 0 Å². The lowest BCUT2D eigenvalue weighted by Crippen LogP contribution is -2.52. The Balaban J connectivity index is 0.00000192. The number of piperidine rings is 1. The van der Waals surface area contributed by atoms with Crippen LogP contribution in [0.3, 0.4) is 0 Å². The molecule has 126 valence electrons. The molecular formula is C15H22ClN5OS. The van der Waals surface area contributed by atoms with Gasteiger partial charge in [-0.1, -0.05) is 6.92 Å². The monoisotopic (exact) mass is 355 g/mol. The summed E-state index contributed by atoms with van der Waals surface area (Å²) in [5, 5.41) is 11.3. The van der Waals surface area contributed by atoms with E-state index in [-0.39, 0.29) is 18.3 Å². The van der Waals surface area contributed by atoms with Gasteiger partial charge in [0.15, 0.2) is 5.13 Å². The van der Waals surface area contributed by atoms with Crippen LogP contribution in [0.5, 0.6) is 0 Å². The van der Waals surface area contributed by atoms with E-state index < -0.39 is 5.54 Å². The molecule has 6 nitrogen and oxygen atoms in total. The fraction of sp³-hybridized carbons (Fsp3) is 0.533. The van der Waals surface area contributed by atoms with Gasteiger partial charge in [0.25, 0.3) is 5.91 Å². The first-order valence-corrected chi connectivity index (χ1v) is 8.46. The van der Waals surface area contributed by atoms with Crippen LogP contribution in [0.4, 0.5) is 5.13 Å². The van der Waals surface area contributed by atoms with Crippen molar-refractivity contribution in [1.29, 1.82) is 0 Å². The molecule has 0 saturated carbocycles. The molecule has 2 aromatic heterocycles. The normalized spacial score (nSPS) is 16.6. The van der Waals surface area contributed by atoms with E-state index in [0.29, 0.717) is 5.13 Å². The fourth-order valence-electron chi connectivity index (χ4n) is 2.95. The van der Waals surface area contributed by atoms with Crippen LogP contribution in [-0.4, -0.2) is 33.8 Å². The van der Waals surface area contributed by atoms with E-state index in [1.165, 1.54) is 11.3 Å². The summed E-state index contributed by atoms with van der Waals surface area (Å²) < 4.78 is 1.80. The van der Waals surface area contributed by atoms with Gasteiger partial charge in [0.1, 0.15) is 5.54 Å². The van der Waals surface area contributed by atoms with Gasteiger partial charge in [-0.05, 0) is 45.3 Å². The highest BCUT2D eigenvalue weighted by molar-refractivity contribution is 7.15. The van der Waals surface area contributed by atoms with Crippen LogP contribution < -0.4 is 10.6 Å². The summed E-state index contributed by atoms with van der Waals surface area (Å²) in [6.45, 7) is 5.74. The largest absolute Gasteiger partial charge is 0.317 e. The lowest BCUT2D eigenvalue weighted by molar-refractivity contribution is -0.126. The van der Waals surface area contributed by atoms with Gasteiger partial charge in [-0.2, -0.15) is 5.10 Å². The molecule has 2 aromatic rings. The summed E-state index contributed by atoms with van der Waals surface area (Å²) in [6.07, 6.45) is 5.93. The standard InChI is InChI=1S/C15H21N5OS.ClH/c1-3-12-11(2)22-14(18-12)19-13(21)15(5-8-16-9-6-15)20-10-4-7-17-20;/h4,7,10,16H,3,5-6,8-9H2,1-2H3,(H,18,19,21);1H. The first-order chi connectivity index (χ1) is 10.7. The molecule has 1 aliphatic heterocycles. The molecule has 1 aliphatic rings. The third kappa shape index (κ3) is 3.41. The minimum absolute atomic E-state index is 0. The molecule has 23 heavy (non-hydrogen) atoms. The molecule has 1 saturated heterocycles. The Bertz CT molecular complexity index is 649. The van der Waals surface area contributed by atoms with Crippen molar-refractivity contribution in [2.45, 2.75) is 38.6 Å². The lowest BCUT2D eigenvalue weighted by Gasteiger charge is -2.36. The van der Waals surface area contributed by atoms with Crippen molar-refractivity contribution in [3.8, 4) is 0 Å². The smallest absolute Gasteiger partial charge is 0.254 e. The summed E-state index contributed by atoms with van der Waals surface area (Å²) in [7, 11) is 0. The van der Waals surface area contributed by atoms with E-state index in [0.717, 1.165) is 42.9 Å². The summed E-state index contributed by atoms with van der Waals surface area (Å²) in [6, 6.07) is 1.86. The number of aromatic nitrogens is 3. The summed E-state index contributed by atoms with van der Waals surface area (Å²) in [5.41, 5.74) is 0.430. The van der Waals surface area contributed by atoms with Gasteiger partial charge in [0, 0.05) is 17.3 Å². The van der Waals surface area contributed by atoms with E-state index >= 15 is 0 Å². The molecule has 3 heterocycles. The number of nitrogens with zero attached hydrogens (tertiary/aromatic N) is 3. The Morgan fingerprint density at radius 1 is 1.48 bits per heavy atom. The average molecular weight is 356 g/mol. The van der Waals surface area contributed by atoms with Crippen molar-refractivity contribution in [3.05, 3.63) is 29.0 Å². The molecule has 1 amide bonds. The van der Waals surface area contributed by atoms with Crippen molar-refractivity contribution in [3.63, 3.8) is 0 Å². The molecule has 0 radical (unpaired) electrons. The fourth-order valence-corrected chi connectivity index (χ4v) is 3.84. The maximum absolute atomic E-state index is 13.0. The van der Waals surface area contributed by atoms with Gasteiger partial charge in [0.2, 0.25) is 0 Å². The Kier molecular flexibility index (Phi) is 5.78.